The van der Waals surface area contributed by atoms with Gasteiger partial charge in [0, 0.05) is 0 Å². The Morgan fingerprint density at radius 3 is 1.90 bits per heavy atom. The van der Waals surface area contributed by atoms with Gasteiger partial charge in [-0.25, -0.2) is 0 Å². The minimum absolute atomic E-state index is 0.163. The van der Waals surface area contributed by atoms with E-state index in [1.165, 1.54) is 0 Å². The van der Waals surface area contributed by atoms with Crippen LogP contribution in [0.3, 0.4) is 0 Å². The SMILES string of the molecule is CCCCCCCC(CC(O)CCCCC)S(=O)(=O)O. The van der Waals surface area contributed by atoms with Gasteiger partial charge in [-0.1, -0.05) is 65.2 Å². The quantitative estimate of drug-likeness (QED) is 0.399. The summed E-state index contributed by atoms with van der Waals surface area (Å²) < 4.78 is 32.0. The van der Waals surface area contributed by atoms with Crippen molar-refractivity contribution in [1.82, 2.24) is 0 Å². The lowest BCUT2D eigenvalue weighted by atomic mass is 10.0. The molecule has 0 saturated heterocycles. The molecule has 2 atom stereocenters. The summed E-state index contributed by atoms with van der Waals surface area (Å²) in [5.41, 5.74) is 0. The summed E-state index contributed by atoms with van der Waals surface area (Å²) in [5.74, 6) is 0. The monoisotopic (exact) mass is 308 g/mol. The molecule has 0 amide bonds. The lowest BCUT2D eigenvalue weighted by molar-refractivity contribution is 0.147. The highest BCUT2D eigenvalue weighted by Gasteiger charge is 2.25. The molecule has 0 rings (SSSR count). The average molecular weight is 308 g/mol. The van der Waals surface area contributed by atoms with Crippen LogP contribution in [0.5, 0.6) is 0 Å². The number of aliphatic hydroxyl groups is 1. The van der Waals surface area contributed by atoms with Gasteiger partial charge in [-0.15, -0.1) is 0 Å². The van der Waals surface area contributed by atoms with Gasteiger partial charge in [0.25, 0.3) is 10.1 Å². The van der Waals surface area contributed by atoms with Gasteiger partial charge in [-0.2, -0.15) is 8.42 Å². The van der Waals surface area contributed by atoms with Crippen LogP contribution >= 0.6 is 0 Å². The second kappa shape index (κ2) is 11.5. The van der Waals surface area contributed by atoms with Crippen LogP contribution in [0.4, 0.5) is 0 Å². The van der Waals surface area contributed by atoms with Crippen LogP contribution in [0.2, 0.25) is 0 Å². The molecular weight excluding hydrogens is 276 g/mol. The van der Waals surface area contributed by atoms with Crippen LogP contribution in [0.1, 0.15) is 84.5 Å². The molecule has 2 N–H and O–H groups in total. The molecule has 0 saturated carbocycles. The molecule has 20 heavy (non-hydrogen) atoms. The summed E-state index contributed by atoms with van der Waals surface area (Å²) in [4.78, 5) is 0. The average Bonchev–Trinajstić information content (AvgIpc) is 2.36. The largest absolute Gasteiger partial charge is 0.393 e. The van der Waals surface area contributed by atoms with Crippen LogP contribution in [-0.2, 0) is 10.1 Å². The number of rotatable bonds is 13. The van der Waals surface area contributed by atoms with Crippen molar-refractivity contribution in [2.75, 3.05) is 0 Å². The molecule has 122 valence electrons. The van der Waals surface area contributed by atoms with Crippen molar-refractivity contribution in [3.8, 4) is 0 Å². The second-order valence-electron chi connectivity index (χ2n) is 5.73. The third-order valence-electron chi connectivity index (χ3n) is 3.73. The molecular formula is C15H32O4S. The Balaban J connectivity index is 4.09. The molecule has 0 aromatic rings. The van der Waals surface area contributed by atoms with Crippen LogP contribution in [-0.4, -0.2) is 29.4 Å². The van der Waals surface area contributed by atoms with Crippen molar-refractivity contribution in [3.63, 3.8) is 0 Å². The smallest absolute Gasteiger partial charge is 0.267 e. The Bertz CT molecular complexity index is 314. The highest BCUT2D eigenvalue weighted by Crippen LogP contribution is 2.19. The van der Waals surface area contributed by atoms with E-state index in [9.17, 15) is 18.1 Å². The van der Waals surface area contributed by atoms with Crippen LogP contribution in [0, 0.1) is 0 Å². The number of unbranched alkanes of at least 4 members (excludes halogenated alkanes) is 6. The molecule has 0 aliphatic heterocycles. The van der Waals surface area contributed by atoms with E-state index < -0.39 is 21.5 Å². The van der Waals surface area contributed by atoms with Gasteiger partial charge < -0.3 is 5.11 Å². The molecule has 5 heteroatoms. The lowest BCUT2D eigenvalue weighted by Crippen LogP contribution is -2.26. The summed E-state index contributed by atoms with van der Waals surface area (Å²) in [6.07, 6.45) is 8.85. The van der Waals surface area contributed by atoms with Gasteiger partial charge in [0.15, 0.2) is 0 Å². The van der Waals surface area contributed by atoms with Crippen LogP contribution < -0.4 is 0 Å². The maximum absolute atomic E-state index is 11.4. The third-order valence-corrected chi connectivity index (χ3v) is 5.00. The van der Waals surface area contributed by atoms with Crippen molar-refractivity contribution in [3.05, 3.63) is 0 Å². The Labute approximate surface area is 124 Å². The molecule has 2 unspecified atom stereocenters. The minimum Gasteiger partial charge on any atom is -0.393 e. The predicted molar refractivity (Wildman–Crippen MR) is 83.5 cm³/mol. The fraction of sp³-hybridized carbons (Fsp3) is 1.00. The number of hydrogen-bond donors (Lipinski definition) is 2. The summed E-state index contributed by atoms with van der Waals surface area (Å²) in [6, 6.07) is 0. The summed E-state index contributed by atoms with van der Waals surface area (Å²) in [6.45, 7) is 4.22. The summed E-state index contributed by atoms with van der Waals surface area (Å²) in [5, 5.41) is 9.07. The normalized spacial score (nSPS) is 15.2. The molecule has 0 aromatic carbocycles. The maximum Gasteiger partial charge on any atom is 0.267 e. The van der Waals surface area contributed by atoms with Gasteiger partial charge in [-0.3, -0.25) is 4.55 Å². The highest BCUT2D eigenvalue weighted by atomic mass is 32.2. The van der Waals surface area contributed by atoms with Gasteiger partial charge in [0.05, 0.1) is 11.4 Å². The molecule has 4 nitrogen and oxygen atoms in total. The zero-order chi connectivity index (χ0) is 15.4. The Kier molecular flexibility index (Phi) is 11.4. The minimum atomic E-state index is -4.04. The first-order chi connectivity index (χ1) is 9.41. The topological polar surface area (TPSA) is 74.6 Å². The van der Waals surface area contributed by atoms with Gasteiger partial charge in [0.2, 0.25) is 0 Å². The molecule has 0 bridgehead atoms. The zero-order valence-electron chi connectivity index (χ0n) is 13.1. The molecule has 0 heterocycles. The molecule has 0 aliphatic rings. The molecule has 0 aliphatic carbocycles. The van der Waals surface area contributed by atoms with Crippen molar-refractivity contribution >= 4 is 10.1 Å². The number of hydrogen-bond acceptors (Lipinski definition) is 3. The highest BCUT2D eigenvalue weighted by molar-refractivity contribution is 7.86. The first-order valence-electron chi connectivity index (χ1n) is 8.06. The van der Waals surface area contributed by atoms with E-state index in [1.807, 2.05) is 0 Å². The Hall–Kier alpha value is -0.130. The van der Waals surface area contributed by atoms with E-state index in [0.717, 1.165) is 51.4 Å². The molecule has 0 aromatic heterocycles. The van der Waals surface area contributed by atoms with E-state index in [1.54, 1.807) is 0 Å². The second-order valence-corrected chi connectivity index (χ2v) is 7.42. The van der Waals surface area contributed by atoms with Gasteiger partial charge in [0.1, 0.15) is 0 Å². The summed E-state index contributed by atoms with van der Waals surface area (Å²) >= 11 is 0. The summed E-state index contributed by atoms with van der Waals surface area (Å²) in [7, 11) is -4.04. The van der Waals surface area contributed by atoms with E-state index in [4.69, 9.17) is 0 Å². The van der Waals surface area contributed by atoms with Crippen molar-refractivity contribution in [1.29, 1.82) is 0 Å². The van der Waals surface area contributed by atoms with Crippen LogP contribution in [0.15, 0.2) is 0 Å². The molecule has 0 radical (unpaired) electrons. The van der Waals surface area contributed by atoms with Gasteiger partial charge in [-0.05, 0) is 19.3 Å². The Morgan fingerprint density at radius 1 is 0.850 bits per heavy atom. The first kappa shape index (κ1) is 19.9. The van der Waals surface area contributed by atoms with E-state index in [2.05, 4.69) is 13.8 Å². The van der Waals surface area contributed by atoms with Crippen molar-refractivity contribution in [2.24, 2.45) is 0 Å². The zero-order valence-corrected chi connectivity index (χ0v) is 13.9. The van der Waals surface area contributed by atoms with Crippen molar-refractivity contribution < 1.29 is 18.1 Å². The van der Waals surface area contributed by atoms with Crippen molar-refractivity contribution in [2.45, 2.75) is 95.8 Å². The van der Waals surface area contributed by atoms with Crippen LogP contribution in [0.25, 0.3) is 0 Å². The lowest BCUT2D eigenvalue weighted by Gasteiger charge is -2.18. The third kappa shape index (κ3) is 10.6. The van der Waals surface area contributed by atoms with E-state index in [-0.39, 0.29) is 6.42 Å². The number of aliphatic hydroxyl groups excluding tert-OH is 1. The first-order valence-corrected chi connectivity index (χ1v) is 9.56. The van der Waals surface area contributed by atoms with E-state index >= 15 is 0 Å². The van der Waals surface area contributed by atoms with Gasteiger partial charge >= 0.3 is 0 Å². The molecule has 0 spiro atoms. The fourth-order valence-electron chi connectivity index (χ4n) is 2.42. The standard InChI is InChI=1S/C15H32O4S/c1-3-5-7-8-10-12-15(20(17,18)19)13-14(16)11-9-6-4-2/h14-16H,3-13H2,1-2H3,(H,17,18,19). The Morgan fingerprint density at radius 2 is 1.35 bits per heavy atom. The predicted octanol–water partition coefficient (Wildman–Crippen LogP) is 3.93. The fourth-order valence-corrected chi connectivity index (χ4v) is 3.35. The van der Waals surface area contributed by atoms with E-state index in [0.29, 0.717) is 12.8 Å². The maximum atomic E-state index is 11.4. The molecule has 0 fully saturated rings.